The van der Waals surface area contributed by atoms with Crippen LogP contribution in [0.15, 0.2) is 6.20 Å². The lowest BCUT2D eigenvalue weighted by molar-refractivity contribution is 0.113. The lowest BCUT2D eigenvalue weighted by atomic mass is 9.84. The lowest BCUT2D eigenvalue weighted by Gasteiger charge is -2.37. The summed E-state index contributed by atoms with van der Waals surface area (Å²) >= 11 is 0. The Morgan fingerprint density at radius 2 is 2.24 bits per heavy atom. The van der Waals surface area contributed by atoms with Gasteiger partial charge in [0.25, 0.3) is 0 Å². The van der Waals surface area contributed by atoms with Crippen LogP contribution in [0.3, 0.4) is 0 Å². The van der Waals surface area contributed by atoms with Crippen LogP contribution in [0.1, 0.15) is 32.4 Å². The van der Waals surface area contributed by atoms with Crippen LogP contribution in [0.4, 0.5) is 0 Å². The van der Waals surface area contributed by atoms with Gasteiger partial charge in [0, 0.05) is 25.8 Å². The first kappa shape index (κ1) is 12.5. The number of hydrogen-bond acceptors (Lipinski definition) is 4. The largest absolute Gasteiger partial charge is 0.325 e. The normalized spacial score (nSPS) is 20.6. The number of nitrogens with zero attached hydrogens (tertiary/aromatic N) is 4. The predicted molar refractivity (Wildman–Crippen MR) is 67.4 cm³/mol. The van der Waals surface area contributed by atoms with Crippen molar-refractivity contribution in [1.29, 1.82) is 0 Å². The molecule has 0 radical (unpaired) electrons. The van der Waals surface area contributed by atoms with Gasteiger partial charge >= 0.3 is 0 Å². The summed E-state index contributed by atoms with van der Waals surface area (Å²) in [6.07, 6.45) is 4.58. The van der Waals surface area contributed by atoms with E-state index in [1.165, 1.54) is 25.9 Å². The molecular weight excluding hydrogens is 214 g/mol. The molecule has 2 heterocycles. The molecule has 0 aliphatic carbocycles. The third kappa shape index (κ3) is 3.51. The molecule has 1 aliphatic heterocycles. The van der Waals surface area contributed by atoms with E-state index in [0.29, 0.717) is 12.0 Å². The van der Waals surface area contributed by atoms with Crippen molar-refractivity contribution in [3.05, 3.63) is 11.9 Å². The number of hydrogen-bond donors (Lipinski definition) is 1. The van der Waals surface area contributed by atoms with Crippen LogP contribution in [0.25, 0.3) is 0 Å². The lowest BCUT2D eigenvalue weighted by Crippen LogP contribution is -2.41. The molecule has 5 nitrogen and oxygen atoms in total. The van der Waals surface area contributed by atoms with Gasteiger partial charge in [0.2, 0.25) is 0 Å². The van der Waals surface area contributed by atoms with Gasteiger partial charge in [-0.3, -0.25) is 4.68 Å². The molecule has 1 aromatic rings. The van der Waals surface area contributed by atoms with E-state index in [1.807, 2.05) is 10.9 Å². The van der Waals surface area contributed by atoms with Crippen molar-refractivity contribution < 1.29 is 0 Å². The minimum atomic E-state index is 0.461. The predicted octanol–water partition coefficient (Wildman–Crippen LogP) is 0.859. The first-order chi connectivity index (χ1) is 8.09. The molecule has 0 spiro atoms. The van der Waals surface area contributed by atoms with E-state index in [1.54, 1.807) is 0 Å². The van der Waals surface area contributed by atoms with Crippen LogP contribution in [-0.2, 0) is 13.1 Å². The van der Waals surface area contributed by atoms with Gasteiger partial charge < -0.3 is 10.6 Å². The fourth-order valence-electron chi connectivity index (χ4n) is 2.52. The van der Waals surface area contributed by atoms with E-state index in [9.17, 15) is 0 Å². The zero-order chi connectivity index (χ0) is 12.3. The first-order valence-corrected chi connectivity index (χ1v) is 6.40. The van der Waals surface area contributed by atoms with E-state index in [2.05, 4.69) is 29.1 Å². The summed E-state index contributed by atoms with van der Waals surface area (Å²) in [7, 11) is 0. The summed E-state index contributed by atoms with van der Waals surface area (Å²) in [5.74, 6) is 0. The fraction of sp³-hybridized carbons (Fsp3) is 0.833. The third-order valence-electron chi connectivity index (χ3n) is 3.42. The smallest absolute Gasteiger partial charge is 0.0962 e. The second kappa shape index (κ2) is 5.14. The van der Waals surface area contributed by atoms with E-state index in [4.69, 9.17) is 5.73 Å². The Morgan fingerprint density at radius 3 is 2.88 bits per heavy atom. The molecule has 0 amide bonds. The van der Waals surface area contributed by atoms with Crippen LogP contribution in [0, 0.1) is 5.41 Å². The van der Waals surface area contributed by atoms with Gasteiger partial charge in [0.1, 0.15) is 0 Å². The van der Waals surface area contributed by atoms with Gasteiger partial charge in [0.15, 0.2) is 0 Å². The highest BCUT2D eigenvalue weighted by Crippen LogP contribution is 2.28. The average Bonchev–Trinajstić information content (AvgIpc) is 2.73. The van der Waals surface area contributed by atoms with Crippen LogP contribution in [0.2, 0.25) is 0 Å². The van der Waals surface area contributed by atoms with Crippen LogP contribution in [0.5, 0.6) is 0 Å². The molecule has 2 rings (SSSR count). The molecule has 1 aliphatic rings. The van der Waals surface area contributed by atoms with Crippen LogP contribution < -0.4 is 5.73 Å². The van der Waals surface area contributed by atoms with Crippen LogP contribution >= 0.6 is 0 Å². The molecule has 17 heavy (non-hydrogen) atoms. The first-order valence-electron chi connectivity index (χ1n) is 6.40. The minimum absolute atomic E-state index is 0.461. The standard InChI is InChI=1S/C12H23N5/c1-12(2)4-3-5-16(10-12)6-7-17-9-11(8-13)14-15-17/h9H,3-8,10,13H2,1-2H3. The number of likely N-dealkylation sites (tertiary alicyclic amines) is 1. The topological polar surface area (TPSA) is 60.0 Å². The summed E-state index contributed by atoms with van der Waals surface area (Å²) in [5, 5.41) is 8.06. The molecule has 96 valence electrons. The molecule has 0 aromatic carbocycles. The number of piperidine rings is 1. The summed E-state index contributed by atoms with van der Waals surface area (Å²) in [6, 6.07) is 0. The molecule has 2 N–H and O–H groups in total. The van der Waals surface area contributed by atoms with Gasteiger partial charge in [-0.1, -0.05) is 19.1 Å². The summed E-state index contributed by atoms with van der Waals surface area (Å²) in [6.45, 7) is 9.52. The number of nitrogens with two attached hydrogens (primary N) is 1. The summed E-state index contributed by atoms with van der Waals surface area (Å²) < 4.78 is 1.89. The Hall–Kier alpha value is -0.940. The highest BCUT2D eigenvalue weighted by atomic mass is 15.4. The summed E-state index contributed by atoms with van der Waals surface area (Å²) in [5.41, 5.74) is 6.84. The minimum Gasteiger partial charge on any atom is -0.325 e. The van der Waals surface area contributed by atoms with E-state index in [0.717, 1.165) is 18.8 Å². The summed E-state index contributed by atoms with van der Waals surface area (Å²) in [4.78, 5) is 2.52. The van der Waals surface area contributed by atoms with Crippen molar-refractivity contribution in [2.24, 2.45) is 11.1 Å². The fourth-order valence-corrected chi connectivity index (χ4v) is 2.52. The van der Waals surface area contributed by atoms with Gasteiger partial charge in [0.05, 0.1) is 12.2 Å². The molecule has 1 saturated heterocycles. The molecule has 0 saturated carbocycles. The Balaban J connectivity index is 1.81. The number of rotatable bonds is 4. The Labute approximate surface area is 103 Å². The van der Waals surface area contributed by atoms with E-state index in [-0.39, 0.29) is 0 Å². The van der Waals surface area contributed by atoms with Gasteiger partial charge in [-0.2, -0.15) is 0 Å². The zero-order valence-electron chi connectivity index (χ0n) is 10.9. The number of aromatic nitrogens is 3. The monoisotopic (exact) mass is 237 g/mol. The molecule has 0 bridgehead atoms. The maximum atomic E-state index is 5.51. The second-order valence-electron chi connectivity index (χ2n) is 5.72. The van der Waals surface area contributed by atoms with Crippen LogP contribution in [-0.4, -0.2) is 39.5 Å². The Kier molecular flexibility index (Phi) is 3.79. The molecule has 1 aromatic heterocycles. The van der Waals surface area contributed by atoms with E-state index >= 15 is 0 Å². The van der Waals surface area contributed by atoms with Crippen molar-refractivity contribution in [3.63, 3.8) is 0 Å². The van der Waals surface area contributed by atoms with Gasteiger partial charge in [-0.25, -0.2) is 0 Å². The van der Waals surface area contributed by atoms with Gasteiger partial charge in [-0.05, 0) is 24.8 Å². The highest BCUT2D eigenvalue weighted by Gasteiger charge is 2.25. The van der Waals surface area contributed by atoms with E-state index < -0.39 is 0 Å². The highest BCUT2D eigenvalue weighted by molar-refractivity contribution is 4.90. The van der Waals surface area contributed by atoms with Gasteiger partial charge in [-0.15, -0.1) is 5.10 Å². The third-order valence-corrected chi connectivity index (χ3v) is 3.42. The molecule has 0 atom stereocenters. The average molecular weight is 237 g/mol. The second-order valence-corrected chi connectivity index (χ2v) is 5.72. The van der Waals surface area contributed by atoms with Crippen molar-refractivity contribution in [1.82, 2.24) is 19.9 Å². The molecule has 5 heteroatoms. The quantitative estimate of drug-likeness (QED) is 0.843. The molecule has 1 fully saturated rings. The SMILES string of the molecule is CC1(C)CCCN(CCn2cc(CN)nn2)C1. The van der Waals surface area contributed by atoms with Crippen molar-refractivity contribution in [2.75, 3.05) is 19.6 Å². The maximum absolute atomic E-state index is 5.51. The zero-order valence-corrected chi connectivity index (χ0v) is 10.9. The van der Waals surface area contributed by atoms with Crippen molar-refractivity contribution in [3.8, 4) is 0 Å². The maximum Gasteiger partial charge on any atom is 0.0962 e. The molecular formula is C12H23N5. The van der Waals surface area contributed by atoms with Crippen molar-refractivity contribution >= 4 is 0 Å². The Morgan fingerprint density at radius 1 is 1.41 bits per heavy atom. The molecule has 0 unspecified atom stereocenters. The Bertz CT molecular complexity index is 358. The van der Waals surface area contributed by atoms with Crippen molar-refractivity contribution in [2.45, 2.75) is 39.8 Å².